The Kier molecular flexibility index (Phi) is 3.79. The van der Waals surface area contributed by atoms with Gasteiger partial charge in [-0.05, 0) is 31.2 Å². The minimum absolute atomic E-state index is 0.0408. The SMILES string of the molecule is CCOC(=O)Cn1nc(-c2ccc(F)cc2)cc1N. The Balaban J connectivity index is 2.21. The van der Waals surface area contributed by atoms with Crippen molar-refractivity contribution in [2.75, 3.05) is 12.3 Å². The van der Waals surface area contributed by atoms with Crippen molar-refractivity contribution in [3.05, 3.63) is 36.1 Å². The highest BCUT2D eigenvalue weighted by Gasteiger charge is 2.11. The Morgan fingerprint density at radius 3 is 2.74 bits per heavy atom. The van der Waals surface area contributed by atoms with E-state index in [1.165, 1.54) is 16.8 Å². The summed E-state index contributed by atoms with van der Waals surface area (Å²) in [6.45, 7) is 2.00. The fraction of sp³-hybridized carbons (Fsp3) is 0.231. The van der Waals surface area contributed by atoms with Crippen molar-refractivity contribution in [1.82, 2.24) is 9.78 Å². The molecule has 0 amide bonds. The number of benzene rings is 1. The van der Waals surface area contributed by atoms with Gasteiger partial charge >= 0.3 is 5.97 Å². The van der Waals surface area contributed by atoms with Crippen LogP contribution in [0.25, 0.3) is 11.3 Å². The van der Waals surface area contributed by atoms with Gasteiger partial charge in [0.15, 0.2) is 0 Å². The van der Waals surface area contributed by atoms with Crippen LogP contribution in [0.2, 0.25) is 0 Å². The van der Waals surface area contributed by atoms with Gasteiger partial charge in [-0.3, -0.25) is 4.79 Å². The van der Waals surface area contributed by atoms with E-state index in [1.807, 2.05) is 0 Å². The van der Waals surface area contributed by atoms with E-state index < -0.39 is 5.97 Å². The Bertz CT molecular complexity index is 578. The molecule has 2 aromatic rings. The monoisotopic (exact) mass is 263 g/mol. The van der Waals surface area contributed by atoms with Crippen molar-refractivity contribution in [2.24, 2.45) is 0 Å². The molecule has 1 heterocycles. The van der Waals surface area contributed by atoms with Crippen LogP contribution in [0.3, 0.4) is 0 Å². The van der Waals surface area contributed by atoms with Crippen molar-refractivity contribution < 1.29 is 13.9 Å². The Morgan fingerprint density at radius 1 is 1.42 bits per heavy atom. The number of anilines is 1. The van der Waals surface area contributed by atoms with Crippen molar-refractivity contribution in [1.29, 1.82) is 0 Å². The van der Waals surface area contributed by atoms with Gasteiger partial charge in [-0.2, -0.15) is 5.10 Å². The standard InChI is InChI=1S/C13H14FN3O2/c1-2-19-13(18)8-17-12(15)7-11(16-17)9-3-5-10(14)6-4-9/h3-7H,2,8,15H2,1H3. The van der Waals surface area contributed by atoms with Gasteiger partial charge in [0.25, 0.3) is 0 Å². The summed E-state index contributed by atoms with van der Waals surface area (Å²) in [4.78, 5) is 11.4. The van der Waals surface area contributed by atoms with Gasteiger partial charge in [0.05, 0.1) is 12.3 Å². The van der Waals surface area contributed by atoms with Crippen molar-refractivity contribution in [3.63, 3.8) is 0 Å². The molecular weight excluding hydrogens is 249 g/mol. The molecule has 0 saturated carbocycles. The fourth-order valence-electron chi connectivity index (χ4n) is 1.65. The lowest BCUT2D eigenvalue weighted by atomic mass is 10.1. The average molecular weight is 263 g/mol. The van der Waals surface area contributed by atoms with Crippen LogP contribution in [-0.2, 0) is 16.1 Å². The van der Waals surface area contributed by atoms with Gasteiger partial charge in [-0.25, -0.2) is 9.07 Å². The molecule has 6 heteroatoms. The predicted octanol–water partition coefficient (Wildman–Crippen LogP) is 1.83. The smallest absolute Gasteiger partial charge is 0.327 e. The molecule has 0 fully saturated rings. The van der Waals surface area contributed by atoms with Crippen LogP contribution in [-0.4, -0.2) is 22.4 Å². The number of hydrogen-bond donors (Lipinski definition) is 1. The Labute approximate surface area is 109 Å². The van der Waals surface area contributed by atoms with Gasteiger partial charge in [0.2, 0.25) is 0 Å². The lowest BCUT2D eigenvalue weighted by molar-refractivity contribution is -0.143. The molecule has 0 aliphatic carbocycles. The molecule has 19 heavy (non-hydrogen) atoms. The summed E-state index contributed by atoms with van der Waals surface area (Å²) in [7, 11) is 0. The summed E-state index contributed by atoms with van der Waals surface area (Å²) < 4.78 is 19.0. The second-order valence-corrected chi connectivity index (χ2v) is 3.92. The molecule has 1 aromatic heterocycles. The zero-order valence-corrected chi connectivity index (χ0v) is 10.5. The van der Waals surface area contributed by atoms with Gasteiger partial charge in [-0.1, -0.05) is 0 Å². The van der Waals surface area contributed by atoms with Gasteiger partial charge in [0.1, 0.15) is 18.2 Å². The maximum Gasteiger partial charge on any atom is 0.327 e. The molecule has 1 aromatic carbocycles. The van der Waals surface area contributed by atoms with Crippen molar-refractivity contribution in [3.8, 4) is 11.3 Å². The first-order valence-corrected chi connectivity index (χ1v) is 5.85. The largest absolute Gasteiger partial charge is 0.465 e. The number of aromatic nitrogens is 2. The number of nitrogens with zero attached hydrogens (tertiary/aromatic N) is 2. The predicted molar refractivity (Wildman–Crippen MR) is 68.7 cm³/mol. The highest BCUT2D eigenvalue weighted by atomic mass is 19.1. The van der Waals surface area contributed by atoms with Crippen LogP contribution >= 0.6 is 0 Å². The van der Waals surface area contributed by atoms with E-state index >= 15 is 0 Å². The van der Waals surface area contributed by atoms with Gasteiger partial charge < -0.3 is 10.5 Å². The molecule has 0 unspecified atom stereocenters. The second-order valence-electron chi connectivity index (χ2n) is 3.92. The molecule has 0 spiro atoms. The molecule has 0 saturated heterocycles. The minimum atomic E-state index is -0.400. The highest BCUT2D eigenvalue weighted by Crippen LogP contribution is 2.20. The summed E-state index contributed by atoms with van der Waals surface area (Å²) in [6.07, 6.45) is 0. The molecule has 2 N–H and O–H groups in total. The van der Waals surface area contributed by atoms with Crippen LogP contribution in [0.4, 0.5) is 10.2 Å². The number of carbonyl (C=O) groups is 1. The summed E-state index contributed by atoms with van der Waals surface area (Å²) in [5.74, 6) is -0.363. The molecular formula is C13H14FN3O2. The zero-order valence-electron chi connectivity index (χ0n) is 10.5. The third-order valence-electron chi connectivity index (χ3n) is 2.54. The number of nitrogens with two attached hydrogens (primary N) is 1. The molecule has 2 rings (SSSR count). The topological polar surface area (TPSA) is 70.1 Å². The van der Waals surface area contributed by atoms with E-state index in [0.29, 0.717) is 18.1 Å². The highest BCUT2D eigenvalue weighted by molar-refractivity contribution is 5.70. The van der Waals surface area contributed by atoms with Crippen LogP contribution in [0, 0.1) is 5.82 Å². The number of ether oxygens (including phenoxy) is 1. The first-order chi connectivity index (χ1) is 9.10. The van der Waals surface area contributed by atoms with E-state index in [9.17, 15) is 9.18 Å². The normalized spacial score (nSPS) is 10.4. The number of rotatable bonds is 4. The number of carbonyl (C=O) groups excluding carboxylic acids is 1. The van der Waals surface area contributed by atoms with Gasteiger partial charge in [-0.15, -0.1) is 0 Å². The molecule has 0 radical (unpaired) electrons. The maximum atomic E-state index is 12.8. The molecule has 5 nitrogen and oxygen atoms in total. The first-order valence-electron chi connectivity index (χ1n) is 5.85. The Morgan fingerprint density at radius 2 is 2.11 bits per heavy atom. The average Bonchev–Trinajstić information content (AvgIpc) is 2.72. The minimum Gasteiger partial charge on any atom is -0.465 e. The summed E-state index contributed by atoms with van der Waals surface area (Å²) in [6, 6.07) is 7.52. The van der Waals surface area contributed by atoms with Crippen LogP contribution < -0.4 is 5.73 Å². The number of hydrogen-bond acceptors (Lipinski definition) is 4. The second kappa shape index (κ2) is 5.51. The van der Waals surface area contributed by atoms with Crippen molar-refractivity contribution >= 4 is 11.8 Å². The lowest BCUT2D eigenvalue weighted by Crippen LogP contribution is -2.16. The van der Waals surface area contributed by atoms with Crippen LogP contribution in [0.15, 0.2) is 30.3 Å². The van der Waals surface area contributed by atoms with E-state index in [2.05, 4.69) is 5.10 Å². The van der Waals surface area contributed by atoms with Crippen LogP contribution in [0.1, 0.15) is 6.92 Å². The summed E-state index contributed by atoms with van der Waals surface area (Å²) in [5, 5.41) is 4.20. The number of nitrogen functional groups attached to an aromatic ring is 1. The molecule has 0 atom stereocenters. The third-order valence-corrected chi connectivity index (χ3v) is 2.54. The van der Waals surface area contributed by atoms with E-state index in [1.54, 1.807) is 25.1 Å². The van der Waals surface area contributed by atoms with E-state index in [4.69, 9.17) is 10.5 Å². The third kappa shape index (κ3) is 3.09. The van der Waals surface area contributed by atoms with Crippen LogP contribution in [0.5, 0.6) is 0 Å². The lowest BCUT2D eigenvalue weighted by Gasteiger charge is -2.03. The fourth-order valence-corrected chi connectivity index (χ4v) is 1.65. The number of halogens is 1. The van der Waals surface area contributed by atoms with E-state index in [0.717, 1.165) is 5.56 Å². The molecule has 100 valence electrons. The zero-order chi connectivity index (χ0) is 13.8. The quantitative estimate of drug-likeness (QED) is 0.854. The summed E-state index contributed by atoms with van der Waals surface area (Å²) in [5.41, 5.74) is 7.09. The molecule has 0 aliphatic heterocycles. The maximum absolute atomic E-state index is 12.8. The Hall–Kier alpha value is -2.37. The summed E-state index contributed by atoms with van der Waals surface area (Å²) >= 11 is 0. The van der Waals surface area contributed by atoms with E-state index in [-0.39, 0.29) is 12.4 Å². The van der Waals surface area contributed by atoms with Crippen molar-refractivity contribution in [2.45, 2.75) is 13.5 Å². The first kappa shape index (κ1) is 13.1. The molecule has 0 aliphatic rings. The molecule has 0 bridgehead atoms. The number of esters is 1. The van der Waals surface area contributed by atoms with Gasteiger partial charge in [0, 0.05) is 11.6 Å².